The van der Waals surface area contributed by atoms with Gasteiger partial charge in [-0.25, -0.2) is 4.98 Å². The van der Waals surface area contributed by atoms with Crippen LogP contribution in [0.4, 0.5) is 5.82 Å². The minimum absolute atomic E-state index is 0.163. The van der Waals surface area contributed by atoms with Gasteiger partial charge in [0.1, 0.15) is 11.6 Å². The van der Waals surface area contributed by atoms with Crippen molar-refractivity contribution >= 4 is 11.7 Å². The molecule has 0 aliphatic heterocycles. The molecule has 5 heteroatoms. The van der Waals surface area contributed by atoms with Crippen molar-refractivity contribution in [3.8, 4) is 5.75 Å². The molecular formula is C27H37N3O2. The maximum Gasteiger partial charge on any atom is 0.231 e. The summed E-state index contributed by atoms with van der Waals surface area (Å²) in [5.74, 6) is 2.88. The van der Waals surface area contributed by atoms with Gasteiger partial charge in [0.25, 0.3) is 0 Å². The molecule has 2 aromatic rings. The van der Waals surface area contributed by atoms with Crippen LogP contribution in [0.25, 0.3) is 0 Å². The first-order valence-corrected chi connectivity index (χ1v) is 12.3. The summed E-state index contributed by atoms with van der Waals surface area (Å²) in [5.41, 5.74) is 2.82. The van der Waals surface area contributed by atoms with E-state index in [0.29, 0.717) is 5.92 Å². The Morgan fingerprint density at radius 1 is 1.12 bits per heavy atom. The second kappa shape index (κ2) is 11.5. The highest BCUT2D eigenvalue weighted by atomic mass is 16.5. The molecule has 1 N–H and O–H groups in total. The first kappa shape index (κ1) is 22.8. The van der Waals surface area contributed by atoms with Crippen LogP contribution in [0, 0.1) is 11.8 Å². The summed E-state index contributed by atoms with van der Waals surface area (Å²) in [6.07, 6.45) is 11.8. The molecule has 1 amide bonds. The summed E-state index contributed by atoms with van der Waals surface area (Å²) in [4.78, 5) is 19.6. The van der Waals surface area contributed by atoms with Gasteiger partial charge in [0.15, 0.2) is 0 Å². The Labute approximate surface area is 192 Å². The molecule has 172 valence electrons. The number of carbonyl (C=O) groups excluding carboxylic acids is 1. The Balaban J connectivity index is 1.27. The molecule has 1 atom stereocenters. The number of nitrogens with zero attached hydrogens (tertiary/aromatic N) is 2. The van der Waals surface area contributed by atoms with Crippen LogP contribution in [-0.2, 0) is 17.6 Å². The minimum atomic E-state index is 0.163. The zero-order valence-corrected chi connectivity index (χ0v) is 19.4. The molecule has 2 aliphatic carbocycles. The van der Waals surface area contributed by atoms with Crippen molar-refractivity contribution in [2.45, 2.75) is 57.8 Å². The van der Waals surface area contributed by atoms with Crippen LogP contribution < -0.4 is 15.0 Å². The van der Waals surface area contributed by atoms with E-state index in [4.69, 9.17) is 4.74 Å². The largest absolute Gasteiger partial charge is 0.496 e. The lowest BCUT2D eigenvalue weighted by molar-refractivity contribution is -0.123. The Hall–Kier alpha value is -2.40. The SMILES string of the molecule is COc1cccc2c1CC(CNCCCN(C(=O)C1CCCCC1)c1ccccn1)CC2. The molecule has 1 heterocycles. The highest BCUT2D eigenvalue weighted by Gasteiger charge is 2.27. The summed E-state index contributed by atoms with van der Waals surface area (Å²) in [6.45, 7) is 2.65. The first-order valence-electron chi connectivity index (χ1n) is 12.3. The Morgan fingerprint density at radius 2 is 2.00 bits per heavy atom. The average Bonchev–Trinajstić information content (AvgIpc) is 2.86. The Kier molecular flexibility index (Phi) is 8.16. The van der Waals surface area contributed by atoms with Crippen molar-refractivity contribution in [3.05, 3.63) is 53.7 Å². The number of carbonyl (C=O) groups is 1. The maximum absolute atomic E-state index is 13.2. The van der Waals surface area contributed by atoms with E-state index in [1.165, 1.54) is 36.8 Å². The fraction of sp³-hybridized carbons (Fsp3) is 0.556. The van der Waals surface area contributed by atoms with Gasteiger partial charge in [0.2, 0.25) is 5.91 Å². The van der Waals surface area contributed by atoms with E-state index in [1.807, 2.05) is 23.1 Å². The molecule has 1 unspecified atom stereocenters. The van der Waals surface area contributed by atoms with Crippen molar-refractivity contribution < 1.29 is 9.53 Å². The molecule has 1 aromatic carbocycles. The number of fused-ring (bicyclic) bond motifs is 1. The van der Waals surface area contributed by atoms with Crippen LogP contribution in [0.5, 0.6) is 5.75 Å². The second-order valence-corrected chi connectivity index (χ2v) is 9.28. The van der Waals surface area contributed by atoms with Crippen molar-refractivity contribution in [3.63, 3.8) is 0 Å². The van der Waals surface area contributed by atoms with Crippen molar-refractivity contribution in [2.24, 2.45) is 11.8 Å². The van der Waals surface area contributed by atoms with E-state index in [2.05, 4.69) is 28.5 Å². The molecule has 0 spiro atoms. The van der Waals surface area contributed by atoms with Gasteiger partial charge < -0.3 is 10.1 Å². The average molecular weight is 436 g/mol. The molecule has 0 bridgehead atoms. The Morgan fingerprint density at radius 3 is 2.78 bits per heavy atom. The van der Waals surface area contributed by atoms with Crippen molar-refractivity contribution in [1.29, 1.82) is 0 Å². The van der Waals surface area contributed by atoms with Crippen LogP contribution in [0.15, 0.2) is 42.6 Å². The number of amides is 1. The zero-order chi connectivity index (χ0) is 22.2. The number of ether oxygens (including phenoxy) is 1. The number of benzene rings is 1. The maximum atomic E-state index is 13.2. The lowest BCUT2D eigenvalue weighted by Crippen LogP contribution is -2.39. The zero-order valence-electron chi connectivity index (χ0n) is 19.4. The predicted octanol–water partition coefficient (Wildman–Crippen LogP) is 4.79. The number of hydrogen-bond acceptors (Lipinski definition) is 4. The number of aryl methyl sites for hydroxylation is 1. The van der Waals surface area contributed by atoms with Crippen LogP contribution in [0.3, 0.4) is 0 Å². The van der Waals surface area contributed by atoms with E-state index in [1.54, 1.807) is 13.3 Å². The third-order valence-electron chi connectivity index (χ3n) is 7.08. The lowest BCUT2D eigenvalue weighted by Gasteiger charge is -2.29. The van der Waals surface area contributed by atoms with E-state index in [0.717, 1.165) is 63.3 Å². The van der Waals surface area contributed by atoms with Crippen molar-refractivity contribution in [1.82, 2.24) is 10.3 Å². The third-order valence-corrected chi connectivity index (χ3v) is 7.08. The molecule has 5 nitrogen and oxygen atoms in total. The summed E-state index contributed by atoms with van der Waals surface area (Å²) in [7, 11) is 1.76. The van der Waals surface area contributed by atoms with E-state index >= 15 is 0 Å². The number of aromatic nitrogens is 1. The molecule has 2 aliphatic rings. The van der Waals surface area contributed by atoms with Crippen molar-refractivity contribution in [2.75, 3.05) is 31.6 Å². The highest BCUT2D eigenvalue weighted by molar-refractivity contribution is 5.94. The van der Waals surface area contributed by atoms with E-state index in [-0.39, 0.29) is 11.8 Å². The number of pyridine rings is 1. The van der Waals surface area contributed by atoms with Gasteiger partial charge in [-0.05, 0) is 86.9 Å². The number of nitrogens with one attached hydrogen (secondary N) is 1. The van der Waals surface area contributed by atoms with Gasteiger partial charge in [-0.1, -0.05) is 37.5 Å². The number of rotatable bonds is 9. The van der Waals surface area contributed by atoms with Gasteiger partial charge in [-0.15, -0.1) is 0 Å². The van der Waals surface area contributed by atoms with E-state index in [9.17, 15) is 4.79 Å². The van der Waals surface area contributed by atoms with Crippen LogP contribution in [0.2, 0.25) is 0 Å². The molecule has 4 rings (SSSR count). The molecule has 32 heavy (non-hydrogen) atoms. The molecule has 1 aromatic heterocycles. The second-order valence-electron chi connectivity index (χ2n) is 9.28. The van der Waals surface area contributed by atoms with Crippen LogP contribution in [-0.4, -0.2) is 37.6 Å². The number of hydrogen-bond donors (Lipinski definition) is 1. The Bertz CT molecular complexity index is 850. The van der Waals surface area contributed by atoms with Crippen LogP contribution in [0.1, 0.15) is 56.1 Å². The molecule has 1 fully saturated rings. The van der Waals surface area contributed by atoms with Crippen LogP contribution >= 0.6 is 0 Å². The minimum Gasteiger partial charge on any atom is -0.496 e. The summed E-state index contributed by atoms with van der Waals surface area (Å²) < 4.78 is 5.58. The lowest BCUT2D eigenvalue weighted by atomic mass is 9.83. The van der Waals surface area contributed by atoms with Gasteiger partial charge in [-0.3, -0.25) is 9.69 Å². The topological polar surface area (TPSA) is 54.5 Å². The summed E-state index contributed by atoms with van der Waals surface area (Å²) in [6, 6.07) is 12.2. The first-order chi connectivity index (χ1) is 15.8. The van der Waals surface area contributed by atoms with Gasteiger partial charge in [0, 0.05) is 18.7 Å². The van der Waals surface area contributed by atoms with Gasteiger partial charge in [-0.2, -0.15) is 0 Å². The van der Waals surface area contributed by atoms with Gasteiger partial charge >= 0.3 is 0 Å². The number of methoxy groups -OCH3 is 1. The molecule has 0 radical (unpaired) electrons. The fourth-order valence-corrected chi connectivity index (χ4v) is 5.28. The quantitative estimate of drug-likeness (QED) is 0.576. The fourth-order valence-electron chi connectivity index (χ4n) is 5.28. The van der Waals surface area contributed by atoms with E-state index < -0.39 is 0 Å². The smallest absolute Gasteiger partial charge is 0.231 e. The standard InChI is InChI=1S/C27H37N3O2/c1-32-25-12-7-11-22-15-14-21(19-24(22)25)20-28-16-8-18-30(26-13-5-6-17-29-26)27(31)23-9-3-2-4-10-23/h5-7,11-13,17,21,23,28H,2-4,8-10,14-16,18-20H2,1H3. The predicted molar refractivity (Wildman–Crippen MR) is 129 cm³/mol. The molecule has 0 saturated heterocycles. The summed E-state index contributed by atoms with van der Waals surface area (Å²) >= 11 is 0. The highest BCUT2D eigenvalue weighted by Crippen LogP contribution is 2.32. The third kappa shape index (κ3) is 5.69. The van der Waals surface area contributed by atoms with Gasteiger partial charge in [0.05, 0.1) is 7.11 Å². The molecular weight excluding hydrogens is 398 g/mol. The summed E-state index contributed by atoms with van der Waals surface area (Å²) in [5, 5.41) is 3.65. The number of anilines is 1. The monoisotopic (exact) mass is 435 g/mol. The normalized spacial score (nSPS) is 18.7. The molecule has 1 saturated carbocycles.